The van der Waals surface area contributed by atoms with Gasteiger partial charge < -0.3 is 5.11 Å². The van der Waals surface area contributed by atoms with Crippen LogP contribution in [0.4, 0.5) is 4.39 Å². The summed E-state index contributed by atoms with van der Waals surface area (Å²) in [6, 6.07) is 5.66. The Kier molecular flexibility index (Phi) is 4.08. The highest BCUT2D eigenvalue weighted by Crippen LogP contribution is 2.20. The highest BCUT2D eigenvalue weighted by Gasteiger charge is 2.05. The van der Waals surface area contributed by atoms with Gasteiger partial charge in [-0.2, -0.15) is 0 Å². The molecule has 0 amide bonds. The molecule has 0 spiro atoms. The van der Waals surface area contributed by atoms with Crippen molar-refractivity contribution in [3.05, 3.63) is 34.9 Å². The maximum absolute atomic E-state index is 13.0. The van der Waals surface area contributed by atoms with Crippen LogP contribution in [0.15, 0.2) is 18.2 Å². The van der Waals surface area contributed by atoms with Crippen molar-refractivity contribution in [3.63, 3.8) is 0 Å². The first kappa shape index (κ1) is 11.2. The largest absolute Gasteiger partial charge is 0.396 e. The first-order chi connectivity index (χ1) is 6.65. The molecule has 1 aromatic rings. The van der Waals surface area contributed by atoms with Crippen LogP contribution in [0, 0.1) is 6.92 Å². The Morgan fingerprint density at radius 1 is 1.43 bits per heavy atom. The van der Waals surface area contributed by atoms with Crippen LogP contribution >= 0.6 is 0 Å². The normalized spacial score (nSPS) is 12.9. The summed E-state index contributed by atoms with van der Waals surface area (Å²) in [5.74, 6) is 0. The van der Waals surface area contributed by atoms with Crippen LogP contribution in [0.3, 0.4) is 0 Å². The summed E-state index contributed by atoms with van der Waals surface area (Å²) in [6.07, 6.45) is 0.650. The van der Waals surface area contributed by atoms with Crippen molar-refractivity contribution in [2.24, 2.45) is 0 Å². The number of halogens is 1. The van der Waals surface area contributed by atoms with Crippen LogP contribution in [-0.2, 0) is 6.42 Å². The predicted molar refractivity (Wildman–Crippen MR) is 56.1 cm³/mol. The van der Waals surface area contributed by atoms with Crippen molar-refractivity contribution < 1.29 is 9.50 Å². The molecule has 1 rings (SSSR count). The van der Waals surface area contributed by atoms with E-state index in [4.69, 9.17) is 5.11 Å². The van der Waals surface area contributed by atoms with Gasteiger partial charge in [0, 0.05) is 6.61 Å². The quantitative estimate of drug-likeness (QED) is 0.785. The minimum absolute atomic E-state index is 0.189. The van der Waals surface area contributed by atoms with E-state index in [9.17, 15) is 4.39 Å². The zero-order valence-electron chi connectivity index (χ0n) is 8.76. The Morgan fingerprint density at radius 3 is 2.71 bits per heavy atom. The molecule has 0 aromatic heterocycles. The molecule has 1 N–H and O–H groups in total. The molecule has 0 aliphatic carbocycles. The van der Waals surface area contributed by atoms with Crippen LogP contribution in [0.2, 0.25) is 0 Å². The standard InChI is InChI=1S/C12H17FO/c1-9-5-6-12(10(2)13)8-11(9)4-3-7-14/h5-6,8,10,14H,3-4,7H2,1-2H3. The molecule has 1 nitrogen and oxygen atoms in total. The van der Waals surface area contributed by atoms with Gasteiger partial charge in [-0.15, -0.1) is 0 Å². The van der Waals surface area contributed by atoms with E-state index in [0.29, 0.717) is 0 Å². The van der Waals surface area contributed by atoms with Gasteiger partial charge in [0.25, 0.3) is 0 Å². The van der Waals surface area contributed by atoms with Crippen molar-refractivity contribution in [2.75, 3.05) is 6.61 Å². The molecular formula is C12H17FO. The number of benzene rings is 1. The molecule has 0 aliphatic heterocycles. The van der Waals surface area contributed by atoms with E-state index >= 15 is 0 Å². The van der Waals surface area contributed by atoms with E-state index in [0.717, 1.165) is 24.0 Å². The van der Waals surface area contributed by atoms with Gasteiger partial charge in [0.15, 0.2) is 0 Å². The minimum atomic E-state index is -0.913. The lowest BCUT2D eigenvalue weighted by Crippen LogP contribution is -1.95. The smallest absolute Gasteiger partial charge is 0.122 e. The van der Waals surface area contributed by atoms with Crippen LogP contribution in [0.25, 0.3) is 0 Å². The van der Waals surface area contributed by atoms with Crippen LogP contribution in [0.1, 0.15) is 36.2 Å². The maximum atomic E-state index is 13.0. The third kappa shape index (κ3) is 2.81. The monoisotopic (exact) mass is 196 g/mol. The molecule has 0 aliphatic rings. The number of aliphatic hydroxyl groups is 1. The second-order valence-electron chi connectivity index (χ2n) is 3.63. The van der Waals surface area contributed by atoms with E-state index < -0.39 is 6.17 Å². The zero-order chi connectivity index (χ0) is 10.6. The van der Waals surface area contributed by atoms with Crippen LogP contribution in [-0.4, -0.2) is 11.7 Å². The van der Waals surface area contributed by atoms with E-state index in [-0.39, 0.29) is 6.61 Å². The van der Waals surface area contributed by atoms with E-state index in [1.165, 1.54) is 5.56 Å². The molecular weight excluding hydrogens is 179 g/mol. The van der Waals surface area contributed by atoms with Gasteiger partial charge >= 0.3 is 0 Å². The maximum Gasteiger partial charge on any atom is 0.122 e. The number of rotatable bonds is 4. The molecule has 0 saturated carbocycles. The van der Waals surface area contributed by atoms with Gasteiger partial charge in [0.05, 0.1) is 0 Å². The van der Waals surface area contributed by atoms with Gasteiger partial charge in [0.1, 0.15) is 6.17 Å². The number of alkyl halides is 1. The average Bonchev–Trinajstić information content (AvgIpc) is 2.16. The minimum Gasteiger partial charge on any atom is -0.396 e. The number of aryl methyl sites for hydroxylation is 2. The first-order valence-corrected chi connectivity index (χ1v) is 4.99. The number of hydrogen-bond acceptors (Lipinski definition) is 1. The van der Waals surface area contributed by atoms with E-state index in [1.807, 2.05) is 25.1 Å². The molecule has 0 radical (unpaired) electrons. The molecule has 1 atom stereocenters. The van der Waals surface area contributed by atoms with Crippen molar-refractivity contribution in [1.29, 1.82) is 0 Å². The SMILES string of the molecule is Cc1ccc(C(C)F)cc1CCCO. The molecule has 2 heteroatoms. The molecule has 78 valence electrons. The van der Waals surface area contributed by atoms with Crippen LogP contribution in [0.5, 0.6) is 0 Å². The summed E-state index contributed by atoms with van der Waals surface area (Å²) in [6.45, 7) is 3.74. The first-order valence-electron chi connectivity index (χ1n) is 4.99. The lowest BCUT2D eigenvalue weighted by Gasteiger charge is -2.09. The second-order valence-corrected chi connectivity index (χ2v) is 3.63. The Hall–Kier alpha value is -0.890. The van der Waals surface area contributed by atoms with E-state index in [2.05, 4.69) is 0 Å². The lowest BCUT2D eigenvalue weighted by atomic mass is 9.99. The summed E-state index contributed by atoms with van der Waals surface area (Å²) in [4.78, 5) is 0. The van der Waals surface area contributed by atoms with Gasteiger partial charge in [0.2, 0.25) is 0 Å². The lowest BCUT2D eigenvalue weighted by molar-refractivity contribution is 0.288. The molecule has 0 heterocycles. The highest BCUT2D eigenvalue weighted by molar-refractivity contribution is 5.32. The summed E-state index contributed by atoms with van der Waals surface area (Å²) in [5, 5.41) is 8.72. The number of hydrogen-bond donors (Lipinski definition) is 1. The number of aliphatic hydroxyl groups excluding tert-OH is 1. The summed E-state index contributed by atoms with van der Waals surface area (Å²) >= 11 is 0. The average molecular weight is 196 g/mol. The highest BCUT2D eigenvalue weighted by atomic mass is 19.1. The molecule has 0 saturated heterocycles. The fraction of sp³-hybridized carbons (Fsp3) is 0.500. The Labute approximate surface area is 84.6 Å². The Bertz CT molecular complexity index is 294. The molecule has 1 aromatic carbocycles. The third-order valence-electron chi connectivity index (χ3n) is 2.44. The Balaban J connectivity index is 2.85. The second kappa shape index (κ2) is 5.11. The zero-order valence-corrected chi connectivity index (χ0v) is 8.76. The fourth-order valence-electron chi connectivity index (χ4n) is 1.48. The fourth-order valence-corrected chi connectivity index (χ4v) is 1.48. The molecule has 0 fully saturated rings. The van der Waals surface area contributed by atoms with Crippen molar-refractivity contribution in [3.8, 4) is 0 Å². The van der Waals surface area contributed by atoms with Gasteiger partial charge in [-0.25, -0.2) is 4.39 Å². The summed E-state index contributed by atoms with van der Waals surface area (Å²) in [7, 11) is 0. The summed E-state index contributed by atoms with van der Waals surface area (Å²) < 4.78 is 13.0. The molecule has 0 bridgehead atoms. The Morgan fingerprint density at radius 2 is 2.14 bits per heavy atom. The van der Waals surface area contributed by atoms with Crippen molar-refractivity contribution in [1.82, 2.24) is 0 Å². The van der Waals surface area contributed by atoms with Gasteiger partial charge in [-0.05, 0) is 43.4 Å². The van der Waals surface area contributed by atoms with Crippen molar-refractivity contribution >= 4 is 0 Å². The van der Waals surface area contributed by atoms with Crippen molar-refractivity contribution in [2.45, 2.75) is 32.9 Å². The van der Waals surface area contributed by atoms with E-state index in [1.54, 1.807) is 6.92 Å². The summed E-state index contributed by atoms with van der Waals surface area (Å²) in [5.41, 5.74) is 3.03. The third-order valence-corrected chi connectivity index (χ3v) is 2.44. The molecule has 14 heavy (non-hydrogen) atoms. The van der Waals surface area contributed by atoms with Gasteiger partial charge in [-0.3, -0.25) is 0 Å². The van der Waals surface area contributed by atoms with Gasteiger partial charge in [-0.1, -0.05) is 18.2 Å². The topological polar surface area (TPSA) is 20.2 Å². The van der Waals surface area contributed by atoms with Crippen LogP contribution < -0.4 is 0 Å². The predicted octanol–water partition coefficient (Wildman–Crippen LogP) is 2.95. The molecule has 1 unspecified atom stereocenters.